The SMILES string of the molecule is CCCNC(C1CCOC1)C(OC)C(C)C. The molecule has 16 heavy (non-hydrogen) atoms. The van der Waals surface area contributed by atoms with E-state index in [0.29, 0.717) is 24.0 Å². The maximum atomic E-state index is 5.67. The quantitative estimate of drug-likeness (QED) is 0.725. The lowest BCUT2D eigenvalue weighted by Crippen LogP contribution is -2.49. The van der Waals surface area contributed by atoms with Crippen molar-refractivity contribution in [3.63, 3.8) is 0 Å². The predicted molar refractivity (Wildman–Crippen MR) is 66.6 cm³/mol. The van der Waals surface area contributed by atoms with E-state index in [1.165, 1.54) is 6.42 Å². The summed E-state index contributed by atoms with van der Waals surface area (Å²) in [6, 6.07) is 0.437. The Morgan fingerprint density at radius 1 is 1.44 bits per heavy atom. The average Bonchev–Trinajstić information content (AvgIpc) is 2.76. The van der Waals surface area contributed by atoms with E-state index in [9.17, 15) is 0 Å². The normalized spacial score (nSPS) is 24.9. The van der Waals surface area contributed by atoms with Gasteiger partial charge in [-0.2, -0.15) is 0 Å². The van der Waals surface area contributed by atoms with Gasteiger partial charge in [0.25, 0.3) is 0 Å². The molecule has 0 bridgehead atoms. The Balaban J connectivity index is 2.59. The third kappa shape index (κ3) is 3.72. The zero-order valence-corrected chi connectivity index (χ0v) is 11.2. The second-order valence-corrected chi connectivity index (χ2v) is 5.05. The second-order valence-electron chi connectivity index (χ2n) is 5.05. The fourth-order valence-electron chi connectivity index (χ4n) is 2.53. The van der Waals surface area contributed by atoms with Crippen LogP contribution < -0.4 is 5.32 Å². The van der Waals surface area contributed by atoms with Gasteiger partial charge in [-0.1, -0.05) is 20.8 Å². The van der Waals surface area contributed by atoms with Gasteiger partial charge in [-0.25, -0.2) is 0 Å². The second kappa shape index (κ2) is 7.25. The van der Waals surface area contributed by atoms with E-state index in [0.717, 1.165) is 26.2 Å². The van der Waals surface area contributed by atoms with Crippen molar-refractivity contribution in [2.45, 2.75) is 45.8 Å². The topological polar surface area (TPSA) is 30.5 Å². The zero-order valence-electron chi connectivity index (χ0n) is 11.2. The molecule has 1 heterocycles. The number of rotatable bonds is 7. The number of hydrogen-bond donors (Lipinski definition) is 1. The highest BCUT2D eigenvalue weighted by Gasteiger charge is 2.33. The molecule has 0 aliphatic carbocycles. The molecule has 3 atom stereocenters. The molecule has 3 unspecified atom stereocenters. The smallest absolute Gasteiger partial charge is 0.0750 e. The van der Waals surface area contributed by atoms with E-state index < -0.39 is 0 Å². The van der Waals surface area contributed by atoms with Gasteiger partial charge in [0.1, 0.15) is 0 Å². The standard InChI is InChI=1S/C13H27NO2/c1-5-7-14-12(11-6-8-16-9-11)13(15-4)10(2)3/h10-14H,5-9H2,1-4H3. The van der Waals surface area contributed by atoms with Gasteiger partial charge in [-0.05, 0) is 25.3 Å². The van der Waals surface area contributed by atoms with Crippen LogP contribution in [0.5, 0.6) is 0 Å². The van der Waals surface area contributed by atoms with Crippen LogP contribution in [0.3, 0.4) is 0 Å². The highest BCUT2D eigenvalue weighted by atomic mass is 16.5. The summed E-state index contributed by atoms with van der Waals surface area (Å²) >= 11 is 0. The van der Waals surface area contributed by atoms with Crippen molar-refractivity contribution in [1.29, 1.82) is 0 Å². The largest absolute Gasteiger partial charge is 0.381 e. The third-order valence-electron chi connectivity index (χ3n) is 3.39. The van der Waals surface area contributed by atoms with Crippen molar-refractivity contribution in [3.8, 4) is 0 Å². The van der Waals surface area contributed by atoms with Crippen LogP contribution in [0.1, 0.15) is 33.6 Å². The first-order valence-electron chi connectivity index (χ1n) is 6.54. The minimum absolute atomic E-state index is 0.290. The van der Waals surface area contributed by atoms with Crippen LogP contribution in [-0.2, 0) is 9.47 Å². The number of nitrogens with one attached hydrogen (secondary N) is 1. The summed E-state index contributed by atoms with van der Waals surface area (Å²) < 4.78 is 11.2. The fourth-order valence-corrected chi connectivity index (χ4v) is 2.53. The number of methoxy groups -OCH3 is 1. The van der Waals surface area contributed by atoms with Crippen LogP contribution in [-0.4, -0.2) is 39.0 Å². The van der Waals surface area contributed by atoms with Gasteiger partial charge in [0, 0.05) is 25.7 Å². The summed E-state index contributed by atoms with van der Waals surface area (Å²) in [5, 5.41) is 3.64. The Bertz CT molecular complexity index is 179. The van der Waals surface area contributed by atoms with Gasteiger partial charge in [-0.3, -0.25) is 0 Å². The molecule has 0 aromatic heterocycles. The Morgan fingerprint density at radius 2 is 2.19 bits per heavy atom. The van der Waals surface area contributed by atoms with Crippen molar-refractivity contribution >= 4 is 0 Å². The molecule has 1 rings (SSSR count). The van der Waals surface area contributed by atoms with Crippen LogP contribution in [0, 0.1) is 11.8 Å². The number of hydrogen-bond acceptors (Lipinski definition) is 3. The van der Waals surface area contributed by atoms with Crippen LogP contribution in [0.25, 0.3) is 0 Å². The van der Waals surface area contributed by atoms with Crippen LogP contribution in [0.2, 0.25) is 0 Å². The van der Waals surface area contributed by atoms with E-state index in [2.05, 4.69) is 26.1 Å². The van der Waals surface area contributed by atoms with E-state index in [1.54, 1.807) is 0 Å². The molecule has 0 saturated carbocycles. The van der Waals surface area contributed by atoms with E-state index in [1.807, 2.05) is 7.11 Å². The average molecular weight is 229 g/mol. The molecule has 0 spiro atoms. The van der Waals surface area contributed by atoms with Gasteiger partial charge >= 0.3 is 0 Å². The van der Waals surface area contributed by atoms with Gasteiger partial charge in [0.05, 0.1) is 12.7 Å². The number of ether oxygens (including phenoxy) is 2. The van der Waals surface area contributed by atoms with Crippen LogP contribution in [0.15, 0.2) is 0 Å². The predicted octanol–water partition coefficient (Wildman–Crippen LogP) is 2.06. The van der Waals surface area contributed by atoms with Gasteiger partial charge in [0.2, 0.25) is 0 Å². The molecule has 3 heteroatoms. The van der Waals surface area contributed by atoms with Crippen molar-refractivity contribution in [2.24, 2.45) is 11.8 Å². The van der Waals surface area contributed by atoms with Crippen LogP contribution >= 0.6 is 0 Å². The van der Waals surface area contributed by atoms with Gasteiger partial charge in [-0.15, -0.1) is 0 Å². The maximum Gasteiger partial charge on any atom is 0.0750 e. The first kappa shape index (κ1) is 13.9. The lowest BCUT2D eigenvalue weighted by molar-refractivity contribution is 0.0127. The molecule has 0 aromatic rings. The third-order valence-corrected chi connectivity index (χ3v) is 3.39. The highest BCUT2D eigenvalue weighted by molar-refractivity contribution is 4.87. The van der Waals surface area contributed by atoms with Crippen molar-refractivity contribution < 1.29 is 9.47 Å². The highest BCUT2D eigenvalue weighted by Crippen LogP contribution is 2.24. The summed E-state index contributed by atoms with van der Waals surface area (Å²) in [6.07, 6.45) is 2.62. The molecular weight excluding hydrogens is 202 g/mol. The molecule has 96 valence electrons. The van der Waals surface area contributed by atoms with E-state index >= 15 is 0 Å². The lowest BCUT2D eigenvalue weighted by Gasteiger charge is -2.33. The van der Waals surface area contributed by atoms with Crippen molar-refractivity contribution in [3.05, 3.63) is 0 Å². The molecular formula is C13H27NO2. The lowest BCUT2D eigenvalue weighted by atomic mass is 9.88. The molecule has 1 fully saturated rings. The Labute approximate surface area is 99.9 Å². The summed E-state index contributed by atoms with van der Waals surface area (Å²) in [6.45, 7) is 9.51. The molecule has 0 amide bonds. The van der Waals surface area contributed by atoms with Gasteiger partial charge in [0.15, 0.2) is 0 Å². The van der Waals surface area contributed by atoms with E-state index in [-0.39, 0.29) is 0 Å². The van der Waals surface area contributed by atoms with Crippen molar-refractivity contribution in [1.82, 2.24) is 5.32 Å². The Hall–Kier alpha value is -0.120. The maximum absolute atomic E-state index is 5.67. The molecule has 0 aromatic carbocycles. The molecule has 1 N–H and O–H groups in total. The first-order chi connectivity index (χ1) is 7.70. The fraction of sp³-hybridized carbons (Fsp3) is 1.00. The molecule has 1 aliphatic heterocycles. The minimum Gasteiger partial charge on any atom is -0.381 e. The summed E-state index contributed by atoms with van der Waals surface area (Å²) in [5.74, 6) is 1.15. The van der Waals surface area contributed by atoms with E-state index in [4.69, 9.17) is 9.47 Å². The van der Waals surface area contributed by atoms with Crippen molar-refractivity contribution in [2.75, 3.05) is 26.9 Å². The summed E-state index contributed by atoms with van der Waals surface area (Å²) in [5.41, 5.74) is 0. The molecule has 1 saturated heterocycles. The van der Waals surface area contributed by atoms with Gasteiger partial charge < -0.3 is 14.8 Å². The Kier molecular flexibility index (Phi) is 6.32. The molecule has 3 nitrogen and oxygen atoms in total. The zero-order chi connectivity index (χ0) is 12.0. The first-order valence-corrected chi connectivity index (χ1v) is 6.54. The minimum atomic E-state index is 0.290. The Morgan fingerprint density at radius 3 is 2.62 bits per heavy atom. The summed E-state index contributed by atoms with van der Waals surface area (Å²) in [4.78, 5) is 0. The monoisotopic (exact) mass is 229 g/mol. The molecule has 1 aliphatic rings. The molecule has 0 radical (unpaired) electrons. The van der Waals surface area contributed by atoms with Crippen LogP contribution in [0.4, 0.5) is 0 Å². The summed E-state index contributed by atoms with van der Waals surface area (Å²) in [7, 11) is 1.82.